The van der Waals surface area contributed by atoms with Crippen LogP contribution in [0.5, 0.6) is 0 Å². The monoisotopic (exact) mass is 487 g/mol. The van der Waals surface area contributed by atoms with Crippen LogP contribution in [0.4, 0.5) is 11.6 Å². The van der Waals surface area contributed by atoms with Crippen LogP contribution in [0.2, 0.25) is 0 Å². The van der Waals surface area contributed by atoms with Crippen molar-refractivity contribution in [2.75, 3.05) is 9.73 Å². The Kier molecular flexibility index (Phi) is 7.07. The molecule has 1 aromatic heterocycles. The molecule has 0 saturated heterocycles. The number of carbonyl (C=O) groups excluding carboxylic acids is 1. The number of amides is 1. The molecule has 0 radical (unpaired) electrons. The average molecular weight is 488 g/mol. The van der Waals surface area contributed by atoms with Gasteiger partial charge in [-0.15, -0.1) is 0 Å². The van der Waals surface area contributed by atoms with E-state index in [1.807, 2.05) is 56.3 Å². The highest BCUT2D eigenvalue weighted by Crippen LogP contribution is 2.26. The van der Waals surface area contributed by atoms with Gasteiger partial charge in [-0.1, -0.05) is 54.6 Å². The van der Waals surface area contributed by atoms with Crippen LogP contribution in [0, 0.1) is 13.8 Å². The van der Waals surface area contributed by atoms with Gasteiger partial charge in [-0.2, -0.15) is 0 Å². The molecule has 35 heavy (non-hydrogen) atoms. The molecule has 0 aliphatic heterocycles. The summed E-state index contributed by atoms with van der Waals surface area (Å²) < 4.78 is 28.8. The highest BCUT2D eigenvalue weighted by atomic mass is 32.2. The number of benzene rings is 3. The van der Waals surface area contributed by atoms with Crippen molar-refractivity contribution in [2.24, 2.45) is 0 Å². The van der Waals surface area contributed by atoms with Crippen LogP contribution in [0.3, 0.4) is 0 Å². The number of hydrazine groups is 1. The van der Waals surface area contributed by atoms with E-state index >= 15 is 0 Å². The predicted octanol–water partition coefficient (Wildman–Crippen LogP) is 4.25. The van der Waals surface area contributed by atoms with Gasteiger partial charge in [0, 0.05) is 17.0 Å². The fourth-order valence-corrected chi connectivity index (χ4v) is 5.05. The largest absolute Gasteiger partial charge is 0.269 e. The fraction of sp³-hybridized carbons (Fsp3) is 0.115. The molecule has 0 aliphatic rings. The summed E-state index contributed by atoms with van der Waals surface area (Å²) in [5, 5.41) is 0. The number of aromatic nitrogens is 2. The number of sulfonamides is 1. The Morgan fingerprint density at radius 1 is 0.829 bits per heavy atom. The van der Waals surface area contributed by atoms with Crippen molar-refractivity contribution in [1.29, 1.82) is 0 Å². The predicted molar refractivity (Wildman–Crippen MR) is 135 cm³/mol. The van der Waals surface area contributed by atoms with Gasteiger partial charge in [0.2, 0.25) is 5.95 Å². The fourth-order valence-electron chi connectivity index (χ4n) is 3.55. The molecule has 2 N–H and O–H groups in total. The third-order valence-electron chi connectivity index (χ3n) is 5.17. The number of carbonyl (C=O) groups is 1. The van der Waals surface area contributed by atoms with Crippen molar-refractivity contribution in [3.8, 4) is 0 Å². The van der Waals surface area contributed by atoms with E-state index in [9.17, 15) is 13.2 Å². The Labute approximate surface area is 204 Å². The van der Waals surface area contributed by atoms with Gasteiger partial charge in [-0.25, -0.2) is 18.4 Å². The molecule has 4 aromatic rings. The van der Waals surface area contributed by atoms with E-state index in [2.05, 4.69) is 20.8 Å². The van der Waals surface area contributed by atoms with Crippen LogP contribution in [0.25, 0.3) is 0 Å². The minimum Gasteiger partial charge on any atom is -0.267 e. The Hall–Kier alpha value is -4.24. The van der Waals surface area contributed by atoms with E-state index in [1.165, 1.54) is 16.4 Å². The highest BCUT2D eigenvalue weighted by molar-refractivity contribution is 7.92. The summed E-state index contributed by atoms with van der Waals surface area (Å²) in [6, 6.07) is 26.0. The van der Waals surface area contributed by atoms with Gasteiger partial charge in [0.05, 0.1) is 17.1 Å². The quantitative estimate of drug-likeness (QED) is 0.360. The van der Waals surface area contributed by atoms with Gasteiger partial charge in [0.1, 0.15) is 0 Å². The van der Waals surface area contributed by atoms with E-state index in [0.717, 1.165) is 17.0 Å². The zero-order valence-corrected chi connectivity index (χ0v) is 20.2. The molecule has 0 unspecified atom stereocenters. The summed E-state index contributed by atoms with van der Waals surface area (Å²) in [4.78, 5) is 21.2. The first-order valence-corrected chi connectivity index (χ1v) is 12.4. The van der Waals surface area contributed by atoms with Crippen molar-refractivity contribution in [3.63, 3.8) is 0 Å². The third-order valence-corrected chi connectivity index (χ3v) is 6.94. The summed E-state index contributed by atoms with van der Waals surface area (Å²) >= 11 is 0. The van der Waals surface area contributed by atoms with Crippen molar-refractivity contribution in [2.45, 2.75) is 25.3 Å². The highest BCUT2D eigenvalue weighted by Gasteiger charge is 2.26. The molecule has 4 rings (SSSR count). The number of aryl methyl sites for hydroxylation is 2. The maximum absolute atomic E-state index is 13.7. The van der Waals surface area contributed by atoms with E-state index in [0.29, 0.717) is 5.69 Å². The van der Waals surface area contributed by atoms with Crippen LogP contribution in [-0.2, 0) is 16.6 Å². The number of para-hydroxylation sites is 1. The summed E-state index contributed by atoms with van der Waals surface area (Å²) in [6.45, 7) is 3.79. The second kappa shape index (κ2) is 10.4. The third kappa shape index (κ3) is 5.82. The van der Waals surface area contributed by atoms with E-state index in [1.54, 1.807) is 36.4 Å². The first kappa shape index (κ1) is 23.9. The molecule has 1 amide bonds. The molecule has 0 spiro atoms. The van der Waals surface area contributed by atoms with Gasteiger partial charge < -0.3 is 0 Å². The zero-order chi connectivity index (χ0) is 24.8. The molecular weight excluding hydrogens is 462 g/mol. The minimum absolute atomic E-state index is 0.00702. The molecule has 1 heterocycles. The Balaban J connectivity index is 1.60. The molecular formula is C26H25N5O3S. The maximum Gasteiger partial charge on any atom is 0.269 e. The average Bonchev–Trinajstić information content (AvgIpc) is 2.86. The van der Waals surface area contributed by atoms with Crippen LogP contribution in [0.1, 0.15) is 27.3 Å². The van der Waals surface area contributed by atoms with Gasteiger partial charge >= 0.3 is 0 Å². The number of nitrogens with one attached hydrogen (secondary N) is 2. The second-order valence-corrected chi connectivity index (χ2v) is 9.78. The number of nitrogens with zero attached hydrogens (tertiary/aromatic N) is 3. The van der Waals surface area contributed by atoms with Crippen molar-refractivity contribution in [1.82, 2.24) is 15.4 Å². The molecule has 0 atom stereocenters. The van der Waals surface area contributed by atoms with Crippen LogP contribution in [0.15, 0.2) is 95.9 Å². The number of hydrogen-bond acceptors (Lipinski definition) is 6. The molecule has 0 fully saturated rings. The lowest BCUT2D eigenvalue weighted by molar-refractivity contribution is 0.0962. The van der Waals surface area contributed by atoms with Crippen LogP contribution < -0.4 is 15.2 Å². The minimum atomic E-state index is -3.98. The van der Waals surface area contributed by atoms with Gasteiger partial charge in [0.25, 0.3) is 15.9 Å². The molecule has 0 bridgehead atoms. The van der Waals surface area contributed by atoms with Gasteiger partial charge in [0.15, 0.2) is 0 Å². The Morgan fingerprint density at radius 2 is 1.46 bits per heavy atom. The summed E-state index contributed by atoms with van der Waals surface area (Å²) in [5.41, 5.74) is 8.26. The number of hydrogen-bond donors (Lipinski definition) is 2. The number of rotatable bonds is 8. The van der Waals surface area contributed by atoms with E-state index < -0.39 is 15.9 Å². The Bertz CT molecular complexity index is 1410. The SMILES string of the molecule is Cc1cc(C)nc(NNC(=O)c2cccc(S(=O)(=O)N(Cc3ccccc3)c3ccccc3)c2)n1. The topological polar surface area (TPSA) is 104 Å². The lowest BCUT2D eigenvalue weighted by atomic mass is 10.2. The van der Waals surface area contributed by atoms with Crippen molar-refractivity contribution < 1.29 is 13.2 Å². The smallest absolute Gasteiger partial charge is 0.267 e. The van der Waals surface area contributed by atoms with Crippen LogP contribution >= 0.6 is 0 Å². The van der Waals surface area contributed by atoms with E-state index in [4.69, 9.17) is 0 Å². The van der Waals surface area contributed by atoms with Gasteiger partial charge in [-0.05, 0) is 55.8 Å². The zero-order valence-electron chi connectivity index (χ0n) is 19.3. The summed E-state index contributed by atoms with van der Waals surface area (Å²) in [6.07, 6.45) is 0. The molecule has 8 nitrogen and oxygen atoms in total. The van der Waals surface area contributed by atoms with Crippen LogP contribution in [-0.4, -0.2) is 24.3 Å². The van der Waals surface area contributed by atoms with Gasteiger partial charge in [-0.3, -0.25) is 20.0 Å². The number of anilines is 2. The maximum atomic E-state index is 13.7. The summed E-state index contributed by atoms with van der Waals surface area (Å²) in [5.74, 6) is -0.267. The van der Waals surface area contributed by atoms with E-state index in [-0.39, 0.29) is 23.0 Å². The molecule has 9 heteroatoms. The molecule has 0 saturated carbocycles. The normalized spacial score (nSPS) is 11.0. The molecule has 0 aliphatic carbocycles. The summed E-state index contributed by atoms with van der Waals surface area (Å²) in [7, 11) is -3.98. The van der Waals surface area contributed by atoms with Crippen molar-refractivity contribution in [3.05, 3.63) is 114 Å². The molecule has 3 aromatic carbocycles. The lowest BCUT2D eigenvalue weighted by Crippen LogP contribution is -2.32. The first-order chi connectivity index (χ1) is 16.8. The Morgan fingerprint density at radius 3 is 2.11 bits per heavy atom. The van der Waals surface area contributed by atoms with Crippen molar-refractivity contribution >= 4 is 27.6 Å². The second-order valence-electron chi connectivity index (χ2n) is 7.91. The molecule has 178 valence electrons. The first-order valence-electron chi connectivity index (χ1n) is 10.9. The lowest BCUT2D eigenvalue weighted by Gasteiger charge is -2.25. The standard InChI is InChI=1S/C26H25N5O3S/c1-19-16-20(2)28-26(27-19)30-29-25(32)22-12-9-15-24(17-22)35(33,34)31(23-13-7-4-8-14-23)18-21-10-5-3-6-11-21/h3-17H,18H2,1-2H3,(H,29,32)(H,27,28,30).